The molecule has 2 heterocycles. The number of sulfonamides is 1. The Bertz CT molecular complexity index is 1090. The first-order valence-corrected chi connectivity index (χ1v) is 10.1. The number of nitrogens with one attached hydrogen (secondary N) is 3. The van der Waals surface area contributed by atoms with Gasteiger partial charge in [-0.25, -0.2) is 18.2 Å². The number of carbonyl (C=O) groups is 1. The van der Waals surface area contributed by atoms with Crippen molar-refractivity contribution in [1.29, 1.82) is 0 Å². The molecule has 0 spiro atoms. The highest BCUT2D eigenvalue weighted by molar-refractivity contribution is 7.92. The van der Waals surface area contributed by atoms with E-state index in [1.165, 1.54) is 6.20 Å². The number of benzene rings is 1. The van der Waals surface area contributed by atoms with E-state index in [2.05, 4.69) is 20.0 Å². The fraction of sp³-hybridized carbons (Fsp3) is 0.222. The van der Waals surface area contributed by atoms with Crippen molar-refractivity contribution in [3.8, 4) is 11.1 Å². The van der Waals surface area contributed by atoms with Crippen molar-refractivity contribution in [3.63, 3.8) is 0 Å². The van der Waals surface area contributed by atoms with Crippen LogP contribution in [0.5, 0.6) is 0 Å². The first-order chi connectivity index (χ1) is 12.7. The van der Waals surface area contributed by atoms with Gasteiger partial charge in [0.1, 0.15) is 5.65 Å². The number of amides is 1. The molecule has 27 heavy (non-hydrogen) atoms. The van der Waals surface area contributed by atoms with Gasteiger partial charge >= 0.3 is 6.09 Å². The minimum absolute atomic E-state index is 0.227. The third-order valence-electron chi connectivity index (χ3n) is 3.60. The number of aromatic nitrogens is 2. The lowest BCUT2D eigenvalue weighted by Gasteiger charge is -2.09. The SMILES string of the molecule is CC(C)OC(=O)Nc1cnc2[nH]cc(-c3cccc(NS(C)(=O)=O)c3)c2c1. The number of rotatable bonds is 5. The molecule has 0 aliphatic rings. The summed E-state index contributed by atoms with van der Waals surface area (Å²) in [6.45, 7) is 3.53. The van der Waals surface area contributed by atoms with Gasteiger partial charge in [0.05, 0.1) is 24.2 Å². The number of H-pyrrole nitrogens is 1. The van der Waals surface area contributed by atoms with Crippen LogP contribution in [0.1, 0.15) is 13.8 Å². The monoisotopic (exact) mass is 388 g/mol. The summed E-state index contributed by atoms with van der Waals surface area (Å²) in [6, 6.07) is 8.82. The topological polar surface area (TPSA) is 113 Å². The minimum atomic E-state index is -3.37. The molecular formula is C18H20N4O4S. The van der Waals surface area contributed by atoms with Crippen LogP contribution in [-0.4, -0.2) is 36.8 Å². The van der Waals surface area contributed by atoms with Gasteiger partial charge < -0.3 is 9.72 Å². The lowest BCUT2D eigenvalue weighted by atomic mass is 10.1. The molecule has 0 saturated heterocycles. The molecule has 1 amide bonds. The van der Waals surface area contributed by atoms with Crippen LogP contribution < -0.4 is 10.0 Å². The molecule has 1 aromatic carbocycles. The fourth-order valence-corrected chi connectivity index (χ4v) is 3.19. The molecule has 0 saturated carbocycles. The number of hydrogen-bond donors (Lipinski definition) is 3. The zero-order valence-corrected chi connectivity index (χ0v) is 15.9. The maximum atomic E-state index is 11.8. The Labute approximate surface area is 157 Å². The molecular weight excluding hydrogens is 368 g/mol. The van der Waals surface area contributed by atoms with Gasteiger partial charge in [0.2, 0.25) is 10.0 Å². The van der Waals surface area contributed by atoms with Gasteiger partial charge in [0, 0.05) is 22.8 Å². The van der Waals surface area contributed by atoms with Gasteiger partial charge in [-0.15, -0.1) is 0 Å². The van der Waals surface area contributed by atoms with Crippen molar-refractivity contribution in [3.05, 3.63) is 42.7 Å². The van der Waals surface area contributed by atoms with Crippen molar-refractivity contribution in [2.24, 2.45) is 0 Å². The van der Waals surface area contributed by atoms with Crippen molar-refractivity contribution in [2.45, 2.75) is 20.0 Å². The average Bonchev–Trinajstić information content (AvgIpc) is 2.95. The summed E-state index contributed by atoms with van der Waals surface area (Å²) in [5.74, 6) is 0. The molecule has 3 N–H and O–H groups in total. The van der Waals surface area contributed by atoms with Gasteiger partial charge in [-0.3, -0.25) is 10.0 Å². The van der Waals surface area contributed by atoms with Gasteiger partial charge in [-0.1, -0.05) is 12.1 Å². The maximum absolute atomic E-state index is 11.8. The predicted molar refractivity (Wildman–Crippen MR) is 105 cm³/mol. The Balaban J connectivity index is 1.95. The number of ether oxygens (including phenoxy) is 1. The van der Waals surface area contributed by atoms with Gasteiger partial charge in [0.25, 0.3) is 0 Å². The Hall–Kier alpha value is -3.07. The second kappa shape index (κ2) is 7.28. The van der Waals surface area contributed by atoms with E-state index in [4.69, 9.17) is 4.74 Å². The largest absolute Gasteiger partial charge is 0.447 e. The molecule has 0 radical (unpaired) electrons. The van der Waals surface area contributed by atoms with E-state index in [1.807, 2.05) is 6.07 Å². The van der Waals surface area contributed by atoms with E-state index in [1.54, 1.807) is 44.3 Å². The second-order valence-corrected chi connectivity index (χ2v) is 8.11. The van der Waals surface area contributed by atoms with E-state index in [-0.39, 0.29) is 6.10 Å². The predicted octanol–water partition coefficient (Wildman–Crippen LogP) is 3.56. The summed E-state index contributed by atoms with van der Waals surface area (Å²) >= 11 is 0. The third kappa shape index (κ3) is 4.76. The fourth-order valence-electron chi connectivity index (χ4n) is 2.64. The highest BCUT2D eigenvalue weighted by Crippen LogP contribution is 2.31. The highest BCUT2D eigenvalue weighted by atomic mass is 32.2. The number of hydrogen-bond acceptors (Lipinski definition) is 5. The second-order valence-electron chi connectivity index (χ2n) is 6.36. The average molecular weight is 388 g/mol. The Kier molecular flexibility index (Phi) is 5.04. The van der Waals surface area contributed by atoms with Gasteiger partial charge in [-0.2, -0.15) is 0 Å². The van der Waals surface area contributed by atoms with Crippen molar-refractivity contribution >= 4 is 38.5 Å². The van der Waals surface area contributed by atoms with E-state index in [0.29, 0.717) is 17.0 Å². The van der Waals surface area contributed by atoms with E-state index in [0.717, 1.165) is 22.8 Å². The Morgan fingerprint density at radius 1 is 1.22 bits per heavy atom. The molecule has 2 aromatic heterocycles. The van der Waals surface area contributed by atoms with Crippen molar-refractivity contribution < 1.29 is 17.9 Å². The zero-order valence-electron chi connectivity index (χ0n) is 15.1. The van der Waals surface area contributed by atoms with Crippen LogP contribution in [0.2, 0.25) is 0 Å². The molecule has 0 atom stereocenters. The van der Waals surface area contributed by atoms with E-state index >= 15 is 0 Å². The quantitative estimate of drug-likeness (QED) is 0.618. The van der Waals surface area contributed by atoms with Crippen LogP contribution in [0.4, 0.5) is 16.2 Å². The number of nitrogens with zero attached hydrogens (tertiary/aromatic N) is 1. The molecule has 0 bridgehead atoms. The minimum Gasteiger partial charge on any atom is -0.447 e. The van der Waals surface area contributed by atoms with Crippen LogP contribution in [0.25, 0.3) is 22.2 Å². The first-order valence-electron chi connectivity index (χ1n) is 8.24. The van der Waals surface area contributed by atoms with Gasteiger partial charge in [0.15, 0.2) is 0 Å². The summed E-state index contributed by atoms with van der Waals surface area (Å²) in [7, 11) is -3.37. The molecule has 0 fully saturated rings. The number of fused-ring (bicyclic) bond motifs is 1. The summed E-state index contributed by atoms with van der Waals surface area (Å²) in [5.41, 5.74) is 3.25. The van der Waals surface area contributed by atoms with Crippen LogP contribution in [-0.2, 0) is 14.8 Å². The number of carbonyl (C=O) groups excluding carboxylic acids is 1. The highest BCUT2D eigenvalue weighted by Gasteiger charge is 2.12. The van der Waals surface area contributed by atoms with Crippen molar-refractivity contribution in [1.82, 2.24) is 9.97 Å². The first kappa shape index (κ1) is 18.7. The summed E-state index contributed by atoms with van der Waals surface area (Å²) in [4.78, 5) is 19.2. The summed E-state index contributed by atoms with van der Waals surface area (Å²) in [5, 5.41) is 3.43. The van der Waals surface area contributed by atoms with Crippen LogP contribution in [0.3, 0.4) is 0 Å². The van der Waals surface area contributed by atoms with E-state index < -0.39 is 16.1 Å². The zero-order chi connectivity index (χ0) is 19.6. The molecule has 8 nitrogen and oxygen atoms in total. The molecule has 0 aliphatic carbocycles. The van der Waals surface area contributed by atoms with E-state index in [9.17, 15) is 13.2 Å². The molecule has 3 aromatic rings. The molecule has 142 valence electrons. The Morgan fingerprint density at radius 3 is 2.70 bits per heavy atom. The normalized spacial score (nSPS) is 11.6. The summed E-state index contributed by atoms with van der Waals surface area (Å²) in [6.07, 6.45) is 3.64. The number of pyridine rings is 1. The molecule has 9 heteroatoms. The third-order valence-corrected chi connectivity index (χ3v) is 4.20. The molecule has 3 rings (SSSR count). The lowest BCUT2D eigenvalue weighted by Crippen LogP contribution is -2.18. The van der Waals surface area contributed by atoms with Gasteiger partial charge in [-0.05, 0) is 37.6 Å². The maximum Gasteiger partial charge on any atom is 0.411 e. The molecule has 0 aliphatic heterocycles. The molecule has 0 unspecified atom stereocenters. The van der Waals surface area contributed by atoms with Crippen LogP contribution in [0, 0.1) is 0 Å². The number of anilines is 2. The Morgan fingerprint density at radius 2 is 2.00 bits per heavy atom. The van der Waals surface area contributed by atoms with Crippen LogP contribution in [0.15, 0.2) is 42.7 Å². The van der Waals surface area contributed by atoms with Crippen LogP contribution >= 0.6 is 0 Å². The number of aromatic amines is 1. The van der Waals surface area contributed by atoms with Crippen molar-refractivity contribution in [2.75, 3.05) is 16.3 Å². The lowest BCUT2D eigenvalue weighted by molar-refractivity contribution is 0.130. The smallest absolute Gasteiger partial charge is 0.411 e. The standard InChI is InChI=1S/C18H20N4O4S/c1-11(2)26-18(23)21-14-8-15-16(10-20-17(15)19-9-14)12-5-4-6-13(7-12)22-27(3,24)25/h4-11,22H,1-3H3,(H,19,20)(H,21,23). The summed E-state index contributed by atoms with van der Waals surface area (Å²) < 4.78 is 30.4.